The predicted molar refractivity (Wildman–Crippen MR) is 91.4 cm³/mol. The van der Waals surface area contributed by atoms with Crippen LogP contribution in [0.5, 0.6) is 5.75 Å². The van der Waals surface area contributed by atoms with Crippen LogP contribution in [0.3, 0.4) is 0 Å². The highest BCUT2D eigenvalue weighted by Crippen LogP contribution is 2.15. The molecule has 6 heteroatoms. The SMILES string of the molecule is C[C@H](Cn1cccn1)NCc1csc(COc2ccccc2)n1. The number of benzene rings is 1. The van der Waals surface area contributed by atoms with Crippen molar-refractivity contribution in [1.82, 2.24) is 20.1 Å². The topological polar surface area (TPSA) is 52.0 Å². The van der Waals surface area contributed by atoms with Gasteiger partial charge in [-0.2, -0.15) is 5.10 Å². The van der Waals surface area contributed by atoms with E-state index in [1.165, 1.54) is 0 Å². The molecule has 0 saturated heterocycles. The van der Waals surface area contributed by atoms with E-state index < -0.39 is 0 Å². The Bertz CT molecular complexity index is 696. The summed E-state index contributed by atoms with van der Waals surface area (Å²) in [5.74, 6) is 0.871. The minimum absolute atomic E-state index is 0.334. The lowest BCUT2D eigenvalue weighted by Crippen LogP contribution is -2.30. The van der Waals surface area contributed by atoms with Crippen molar-refractivity contribution < 1.29 is 4.74 Å². The lowest BCUT2D eigenvalue weighted by Gasteiger charge is -2.12. The number of ether oxygens (including phenoxy) is 1. The molecule has 0 aliphatic heterocycles. The number of hydrogen-bond acceptors (Lipinski definition) is 5. The number of aromatic nitrogens is 3. The fourth-order valence-corrected chi connectivity index (χ4v) is 2.90. The number of thiazole rings is 1. The molecule has 120 valence electrons. The summed E-state index contributed by atoms with van der Waals surface area (Å²) in [6.07, 6.45) is 3.77. The Morgan fingerprint density at radius 1 is 1.26 bits per heavy atom. The number of nitrogens with zero attached hydrogens (tertiary/aromatic N) is 3. The van der Waals surface area contributed by atoms with Crippen molar-refractivity contribution in [3.8, 4) is 5.75 Å². The Morgan fingerprint density at radius 2 is 2.13 bits per heavy atom. The zero-order valence-electron chi connectivity index (χ0n) is 13.1. The summed E-state index contributed by atoms with van der Waals surface area (Å²) in [6, 6.07) is 12.1. The lowest BCUT2D eigenvalue weighted by atomic mass is 10.3. The van der Waals surface area contributed by atoms with Crippen LogP contribution >= 0.6 is 11.3 Å². The third-order valence-electron chi connectivity index (χ3n) is 3.36. The molecule has 0 unspecified atom stereocenters. The molecule has 0 saturated carbocycles. The van der Waals surface area contributed by atoms with Crippen LogP contribution in [0.4, 0.5) is 0 Å². The van der Waals surface area contributed by atoms with E-state index in [1.807, 2.05) is 47.3 Å². The van der Waals surface area contributed by atoms with Gasteiger partial charge in [0, 0.05) is 30.4 Å². The molecule has 5 nitrogen and oxygen atoms in total. The van der Waals surface area contributed by atoms with Crippen LogP contribution in [0.25, 0.3) is 0 Å². The normalized spacial score (nSPS) is 12.2. The lowest BCUT2D eigenvalue weighted by molar-refractivity contribution is 0.305. The Labute approximate surface area is 140 Å². The molecule has 0 aliphatic rings. The second-order valence-electron chi connectivity index (χ2n) is 5.34. The van der Waals surface area contributed by atoms with E-state index in [-0.39, 0.29) is 0 Å². The van der Waals surface area contributed by atoms with Crippen molar-refractivity contribution in [3.63, 3.8) is 0 Å². The summed E-state index contributed by atoms with van der Waals surface area (Å²) in [5, 5.41) is 10.8. The predicted octanol–water partition coefficient (Wildman–Crippen LogP) is 3.10. The summed E-state index contributed by atoms with van der Waals surface area (Å²) < 4.78 is 7.65. The Hall–Kier alpha value is -2.18. The summed E-state index contributed by atoms with van der Waals surface area (Å²) in [4.78, 5) is 4.60. The van der Waals surface area contributed by atoms with Gasteiger partial charge in [-0.25, -0.2) is 4.98 Å². The van der Waals surface area contributed by atoms with Gasteiger partial charge in [-0.15, -0.1) is 11.3 Å². The molecule has 1 aromatic carbocycles. The fourth-order valence-electron chi connectivity index (χ4n) is 2.19. The summed E-state index contributed by atoms with van der Waals surface area (Å²) in [6.45, 7) is 4.26. The second-order valence-corrected chi connectivity index (χ2v) is 6.29. The number of hydrogen-bond donors (Lipinski definition) is 1. The monoisotopic (exact) mass is 328 g/mol. The van der Waals surface area contributed by atoms with Gasteiger partial charge in [0.05, 0.1) is 12.2 Å². The Morgan fingerprint density at radius 3 is 2.91 bits per heavy atom. The number of rotatable bonds is 8. The van der Waals surface area contributed by atoms with Gasteiger partial charge >= 0.3 is 0 Å². The molecule has 0 fully saturated rings. The van der Waals surface area contributed by atoms with E-state index in [0.29, 0.717) is 12.6 Å². The van der Waals surface area contributed by atoms with Crippen LogP contribution in [-0.2, 0) is 19.7 Å². The molecule has 0 radical (unpaired) electrons. The molecule has 0 amide bonds. The zero-order chi connectivity index (χ0) is 15.9. The van der Waals surface area contributed by atoms with Gasteiger partial charge in [0.25, 0.3) is 0 Å². The first-order chi connectivity index (χ1) is 11.3. The molecule has 0 bridgehead atoms. The maximum Gasteiger partial charge on any atom is 0.140 e. The van der Waals surface area contributed by atoms with E-state index in [4.69, 9.17) is 4.74 Å². The largest absolute Gasteiger partial charge is 0.486 e. The van der Waals surface area contributed by atoms with Gasteiger partial charge in [-0.05, 0) is 25.1 Å². The number of para-hydroxylation sites is 1. The van der Waals surface area contributed by atoms with Crippen molar-refractivity contribution >= 4 is 11.3 Å². The van der Waals surface area contributed by atoms with Crippen molar-refractivity contribution in [2.45, 2.75) is 32.7 Å². The molecular formula is C17H20N4OS. The average molecular weight is 328 g/mol. The second kappa shape index (κ2) is 7.89. The maximum atomic E-state index is 5.72. The number of nitrogens with one attached hydrogen (secondary N) is 1. The highest BCUT2D eigenvalue weighted by atomic mass is 32.1. The first-order valence-electron chi connectivity index (χ1n) is 7.61. The Balaban J connectivity index is 1.43. The van der Waals surface area contributed by atoms with Crippen LogP contribution in [-0.4, -0.2) is 20.8 Å². The molecule has 0 spiro atoms. The minimum atomic E-state index is 0.334. The average Bonchev–Trinajstić information content (AvgIpc) is 3.24. The molecule has 3 aromatic rings. The van der Waals surface area contributed by atoms with Gasteiger partial charge in [0.15, 0.2) is 0 Å². The molecular weight excluding hydrogens is 308 g/mol. The van der Waals surface area contributed by atoms with Crippen molar-refractivity contribution in [1.29, 1.82) is 0 Å². The summed E-state index contributed by atoms with van der Waals surface area (Å²) in [5.41, 5.74) is 1.05. The Kier molecular flexibility index (Phi) is 5.39. The summed E-state index contributed by atoms with van der Waals surface area (Å²) in [7, 11) is 0. The van der Waals surface area contributed by atoms with Gasteiger partial charge in [-0.1, -0.05) is 18.2 Å². The highest BCUT2D eigenvalue weighted by Gasteiger charge is 2.06. The van der Waals surface area contributed by atoms with Crippen LogP contribution < -0.4 is 10.1 Å². The maximum absolute atomic E-state index is 5.72. The first kappa shape index (κ1) is 15.7. The van der Waals surface area contributed by atoms with Gasteiger partial charge < -0.3 is 10.1 Å². The quantitative estimate of drug-likeness (QED) is 0.690. The van der Waals surface area contributed by atoms with Gasteiger partial charge in [0.1, 0.15) is 17.4 Å². The van der Waals surface area contributed by atoms with Crippen LogP contribution in [0, 0.1) is 0 Å². The van der Waals surface area contributed by atoms with Crippen LogP contribution in [0.2, 0.25) is 0 Å². The fraction of sp³-hybridized carbons (Fsp3) is 0.294. The minimum Gasteiger partial charge on any atom is -0.486 e. The molecule has 1 atom stereocenters. The molecule has 3 rings (SSSR count). The molecule has 23 heavy (non-hydrogen) atoms. The zero-order valence-corrected chi connectivity index (χ0v) is 13.9. The molecule has 1 N–H and O–H groups in total. The first-order valence-corrected chi connectivity index (χ1v) is 8.49. The van der Waals surface area contributed by atoms with Crippen LogP contribution in [0.15, 0.2) is 54.2 Å². The van der Waals surface area contributed by atoms with E-state index >= 15 is 0 Å². The van der Waals surface area contributed by atoms with E-state index in [9.17, 15) is 0 Å². The van der Waals surface area contributed by atoms with E-state index in [2.05, 4.69) is 27.7 Å². The van der Waals surface area contributed by atoms with Crippen molar-refractivity contribution in [2.24, 2.45) is 0 Å². The van der Waals surface area contributed by atoms with Gasteiger partial charge in [-0.3, -0.25) is 4.68 Å². The third-order valence-corrected chi connectivity index (χ3v) is 4.23. The molecule has 0 aliphatic carbocycles. The van der Waals surface area contributed by atoms with E-state index in [0.717, 1.165) is 29.5 Å². The smallest absolute Gasteiger partial charge is 0.140 e. The standard InChI is InChI=1S/C17H20N4OS/c1-14(11-21-9-5-8-19-21)18-10-15-13-23-17(20-15)12-22-16-6-3-2-4-7-16/h2-9,13-14,18H,10-12H2,1H3/t14-/m1/s1. The van der Waals surface area contributed by atoms with E-state index in [1.54, 1.807) is 17.5 Å². The van der Waals surface area contributed by atoms with Crippen molar-refractivity contribution in [3.05, 3.63) is 64.9 Å². The molecule has 2 aromatic heterocycles. The van der Waals surface area contributed by atoms with Gasteiger partial charge in [0.2, 0.25) is 0 Å². The van der Waals surface area contributed by atoms with Crippen LogP contribution in [0.1, 0.15) is 17.6 Å². The van der Waals surface area contributed by atoms with Crippen molar-refractivity contribution in [2.75, 3.05) is 0 Å². The molecule has 2 heterocycles. The third kappa shape index (κ3) is 4.91. The summed E-state index contributed by atoms with van der Waals surface area (Å²) >= 11 is 1.63. The highest BCUT2D eigenvalue weighted by molar-refractivity contribution is 7.09.